The standard InChI is InChI=1S/C13H15N3O2S/c17-9-10-2-1-3-15(7-10)8-11-6-12(18)16-4-5-19-13(16)14-11/h4-6,9-10H,1-3,7-8H2. The Morgan fingerprint density at radius 2 is 2.42 bits per heavy atom. The fraction of sp³-hybridized carbons (Fsp3) is 0.462. The molecule has 0 amide bonds. The van der Waals surface area contributed by atoms with Crippen LogP contribution in [0.5, 0.6) is 0 Å². The Morgan fingerprint density at radius 1 is 1.53 bits per heavy atom. The molecule has 0 radical (unpaired) electrons. The van der Waals surface area contributed by atoms with E-state index in [1.54, 1.807) is 16.7 Å². The third-order valence-corrected chi connectivity index (χ3v) is 4.23. The SMILES string of the molecule is O=CC1CCCN(Cc2cc(=O)n3ccsc3n2)C1. The van der Waals surface area contributed by atoms with Crippen LogP contribution < -0.4 is 5.56 Å². The number of aldehydes is 1. The largest absolute Gasteiger partial charge is 0.303 e. The van der Waals surface area contributed by atoms with E-state index < -0.39 is 0 Å². The van der Waals surface area contributed by atoms with E-state index in [4.69, 9.17) is 0 Å². The maximum Gasteiger partial charge on any atom is 0.258 e. The van der Waals surface area contributed by atoms with Crippen molar-refractivity contribution in [3.63, 3.8) is 0 Å². The van der Waals surface area contributed by atoms with E-state index in [9.17, 15) is 9.59 Å². The van der Waals surface area contributed by atoms with Crippen molar-refractivity contribution in [2.75, 3.05) is 13.1 Å². The molecule has 2 aromatic rings. The van der Waals surface area contributed by atoms with Gasteiger partial charge in [0.05, 0.1) is 5.69 Å². The molecular weight excluding hydrogens is 262 g/mol. The molecule has 3 heterocycles. The van der Waals surface area contributed by atoms with Crippen LogP contribution in [0.15, 0.2) is 22.4 Å². The molecular formula is C13H15N3O2S. The Labute approximate surface area is 114 Å². The number of carbonyl (C=O) groups excluding carboxylic acids is 1. The second-order valence-corrected chi connectivity index (χ2v) is 5.79. The predicted molar refractivity (Wildman–Crippen MR) is 73.4 cm³/mol. The summed E-state index contributed by atoms with van der Waals surface area (Å²) >= 11 is 1.46. The van der Waals surface area contributed by atoms with Gasteiger partial charge in [0.1, 0.15) is 6.29 Å². The topological polar surface area (TPSA) is 54.7 Å². The Bertz CT molecular complexity index is 649. The molecule has 0 bridgehead atoms. The van der Waals surface area contributed by atoms with Crippen LogP contribution in [0, 0.1) is 5.92 Å². The molecule has 100 valence electrons. The average molecular weight is 277 g/mol. The van der Waals surface area contributed by atoms with E-state index >= 15 is 0 Å². The molecule has 1 saturated heterocycles. The Hall–Kier alpha value is -1.53. The smallest absolute Gasteiger partial charge is 0.258 e. The molecule has 19 heavy (non-hydrogen) atoms. The Kier molecular flexibility index (Phi) is 3.44. The van der Waals surface area contributed by atoms with Crippen molar-refractivity contribution in [2.45, 2.75) is 19.4 Å². The summed E-state index contributed by atoms with van der Waals surface area (Å²) in [7, 11) is 0. The van der Waals surface area contributed by atoms with Crippen molar-refractivity contribution >= 4 is 22.6 Å². The lowest BCUT2D eigenvalue weighted by molar-refractivity contribution is -0.112. The average Bonchev–Trinajstić information content (AvgIpc) is 2.88. The first kappa shape index (κ1) is 12.5. The van der Waals surface area contributed by atoms with E-state index in [-0.39, 0.29) is 11.5 Å². The number of nitrogens with zero attached hydrogens (tertiary/aromatic N) is 3. The molecule has 3 rings (SSSR count). The summed E-state index contributed by atoms with van der Waals surface area (Å²) in [5, 5.41) is 1.86. The zero-order valence-corrected chi connectivity index (χ0v) is 11.3. The summed E-state index contributed by atoms with van der Waals surface area (Å²) in [5.41, 5.74) is 0.754. The molecule has 1 unspecified atom stereocenters. The third kappa shape index (κ3) is 2.59. The molecule has 2 aromatic heterocycles. The van der Waals surface area contributed by atoms with Crippen LogP contribution >= 0.6 is 11.3 Å². The van der Waals surface area contributed by atoms with E-state index in [0.29, 0.717) is 6.54 Å². The van der Waals surface area contributed by atoms with Crippen LogP contribution in [0.2, 0.25) is 0 Å². The van der Waals surface area contributed by atoms with Gasteiger partial charge in [-0.1, -0.05) is 0 Å². The van der Waals surface area contributed by atoms with Gasteiger partial charge in [-0.3, -0.25) is 14.1 Å². The van der Waals surface area contributed by atoms with Crippen LogP contribution in [0.3, 0.4) is 0 Å². The van der Waals surface area contributed by atoms with Crippen molar-refractivity contribution in [3.05, 3.63) is 33.7 Å². The minimum Gasteiger partial charge on any atom is -0.303 e. The van der Waals surface area contributed by atoms with Crippen LogP contribution in [-0.4, -0.2) is 33.7 Å². The number of hydrogen-bond acceptors (Lipinski definition) is 5. The van der Waals surface area contributed by atoms with Crippen LogP contribution in [0.1, 0.15) is 18.5 Å². The van der Waals surface area contributed by atoms with Gasteiger partial charge in [-0.2, -0.15) is 0 Å². The predicted octanol–water partition coefficient (Wildman–Crippen LogP) is 1.17. The molecule has 0 aliphatic carbocycles. The van der Waals surface area contributed by atoms with Gasteiger partial charge in [-0.05, 0) is 19.4 Å². The van der Waals surface area contributed by atoms with Gasteiger partial charge in [0.25, 0.3) is 5.56 Å². The van der Waals surface area contributed by atoms with Gasteiger partial charge in [-0.25, -0.2) is 4.98 Å². The van der Waals surface area contributed by atoms with Gasteiger partial charge in [0, 0.05) is 36.7 Å². The normalized spacial score (nSPS) is 20.7. The molecule has 5 nitrogen and oxygen atoms in total. The zero-order chi connectivity index (χ0) is 13.2. The van der Waals surface area contributed by atoms with E-state index in [1.807, 2.05) is 5.38 Å². The summed E-state index contributed by atoms with van der Waals surface area (Å²) in [4.78, 5) is 30.2. The van der Waals surface area contributed by atoms with Gasteiger partial charge in [0.2, 0.25) is 0 Å². The highest BCUT2D eigenvalue weighted by molar-refractivity contribution is 7.15. The first-order valence-corrected chi connectivity index (χ1v) is 7.27. The van der Waals surface area contributed by atoms with Crippen molar-refractivity contribution < 1.29 is 4.79 Å². The summed E-state index contributed by atoms with van der Waals surface area (Å²) < 4.78 is 1.55. The molecule has 1 aliphatic heterocycles. The summed E-state index contributed by atoms with van der Waals surface area (Å²) in [6.07, 6.45) is 4.78. The van der Waals surface area contributed by atoms with Crippen LogP contribution in [-0.2, 0) is 11.3 Å². The van der Waals surface area contributed by atoms with Crippen molar-refractivity contribution in [1.82, 2.24) is 14.3 Å². The van der Waals surface area contributed by atoms with E-state index in [1.165, 1.54) is 11.3 Å². The maximum atomic E-state index is 11.9. The first-order chi connectivity index (χ1) is 9.26. The number of aromatic nitrogens is 2. The molecule has 6 heteroatoms. The highest BCUT2D eigenvalue weighted by Gasteiger charge is 2.19. The van der Waals surface area contributed by atoms with Crippen LogP contribution in [0.4, 0.5) is 0 Å². The lowest BCUT2D eigenvalue weighted by Gasteiger charge is -2.29. The number of piperidine rings is 1. The lowest BCUT2D eigenvalue weighted by Crippen LogP contribution is -2.36. The number of thiazole rings is 1. The number of fused-ring (bicyclic) bond motifs is 1. The Balaban J connectivity index is 1.81. The fourth-order valence-electron chi connectivity index (χ4n) is 2.54. The van der Waals surface area contributed by atoms with Gasteiger partial charge < -0.3 is 4.79 Å². The van der Waals surface area contributed by atoms with Crippen molar-refractivity contribution in [1.29, 1.82) is 0 Å². The number of carbonyl (C=O) groups is 1. The number of hydrogen-bond donors (Lipinski definition) is 0. The monoisotopic (exact) mass is 277 g/mol. The third-order valence-electron chi connectivity index (χ3n) is 3.48. The second-order valence-electron chi connectivity index (χ2n) is 4.91. The summed E-state index contributed by atoms with van der Waals surface area (Å²) in [6.45, 7) is 2.39. The first-order valence-electron chi connectivity index (χ1n) is 6.40. The van der Waals surface area contributed by atoms with Crippen molar-refractivity contribution in [3.8, 4) is 0 Å². The fourth-order valence-corrected chi connectivity index (χ4v) is 3.28. The second kappa shape index (κ2) is 5.22. The maximum absolute atomic E-state index is 11.9. The van der Waals surface area contributed by atoms with E-state index in [0.717, 1.165) is 42.9 Å². The highest BCUT2D eigenvalue weighted by atomic mass is 32.1. The molecule has 1 aliphatic rings. The minimum atomic E-state index is -0.0369. The van der Waals surface area contributed by atoms with Crippen molar-refractivity contribution in [2.24, 2.45) is 5.92 Å². The minimum absolute atomic E-state index is 0.0369. The Morgan fingerprint density at radius 3 is 3.26 bits per heavy atom. The van der Waals surface area contributed by atoms with E-state index in [2.05, 4.69) is 9.88 Å². The molecule has 1 atom stereocenters. The molecule has 0 spiro atoms. The molecule has 0 N–H and O–H groups in total. The highest BCUT2D eigenvalue weighted by Crippen LogP contribution is 2.16. The number of rotatable bonds is 3. The quantitative estimate of drug-likeness (QED) is 0.790. The molecule has 0 saturated carbocycles. The lowest BCUT2D eigenvalue weighted by atomic mass is 10.00. The molecule has 0 aromatic carbocycles. The van der Waals surface area contributed by atoms with Gasteiger partial charge in [0.15, 0.2) is 4.96 Å². The van der Waals surface area contributed by atoms with Crippen LogP contribution in [0.25, 0.3) is 4.96 Å². The van der Waals surface area contributed by atoms with Gasteiger partial charge >= 0.3 is 0 Å². The zero-order valence-electron chi connectivity index (χ0n) is 10.5. The summed E-state index contributed by atoms with van der Waals surface area (Å²) in [5.74, 6) is 0.125. The summed E-state index contributed by atoms with van der Waals surface area (Å²) in [6, 6.07) is 1.59. The molecule has 1 fully saturated rings. The van der Waals surface area contributed by atoms with Gasteiger partial charge in [-0.15, -0.1) is 11.3 Å². The number of likely N-dealkylation sites (tertiary alicyclic amines) is 1.